The molecule has 0 bridgehead atoms. The van der Waals surface area contributed by atoms with Crippen LogP contribution in [0.15, 0.2) is 0 Å². The van der Waals surface area contributed by atoms with Gasteiger partial charge < -0.3 is 13.9 Å². The minimum Gasteiger partial charge on any atom is -0.413 e. The lowest BCUT2D eigenvalue weighted by Gasteiger charge is -2.68. The Morgan fingerprint density at radius 3 is 2.09 bits per heavy atom. The molecule has 0 amide bonds. The van der Waals surface area contributed by atoms with Crippen molar-refractivity contribution in [3.05, 3.63) is 0 Å². The highest BCUT2D eigenvalue weighted by Crippen LogP contribution is 2.73. The van der Waals surface area contributed by atoms with Crippen molar-refractivity contribution in [1.82, 2.24) is 0 Å². The first-order valence-electron chi connectivity index (χ1n) is 14.1. The van der Waals surface area contributed by atoms with Crippen LogP contribution in [0, 0.1) is 34.0 Å². The monoisotopic (exact) mass is 476 g/mol. The molecule has 190 valence electrons. The van der Waals surface area contributed by atoms with Gasteiger partial charge in [-0.2, -0.15) is 0 Å². The minimum atomic E-state index is -1.80. The highest BCUT2D eigenvalue weighted by Gasteiger charge is 2.72. The standard InChI is InChI=1S/C29H52O3Si/c1-25(2,3)33(9,10)32-21-15-14-19-22-24-23(30-26(4,5)31-24)20-13-11-12-16-28(20,7)29(22,8)18-17-27(19,21)6/h19-24H,11-18H2,1-10H3/t19?,20?,21?,22?,23?,24?,27-,28-,29-/m0/s1. The molecule has 1 saturated heterocycles. The van der Waals surface area contributed by atoms with E-state index in [2.05, 4.69) is 68.5 Å². The molecule has 33 heavy (non-hydrogen) atoms. The van der Waals surface area contributed by atoms with Gasteiger partial charge in [0.1, 0.15) is 0 Å². The van der Waals surface area contributed by atoms with Gasteiger partial charge in [-0.3, -0.25) is 0 Å². The number of ether oxygens (including phenoxy) is 2. The van der Waals surface area contributed by atoms with Gasteiger partial charge in [0.05, 0.1) is 18.3 Å². The quantitative estimate of drug-likeness (QED) is 0.379. The van der Waals surface area contributed by atoms with Crippen LogP contribution >= 0.6 is 0 Å². The Kier molecular flexibility index (Phi) is 5.50. The zero-order chi connectivity index (χ0) is 24.2. The highest BCUT2D eigenvalue weighted by atomic mass is 28.4. The van der Waals surface area contributed by atoms with E-state index in [1.54, 1.807) is 0 Å². The van der Waals surface area contributed by atoms with E-state index < -0.39 is 14.1 Å². The van der Waals surface area contributed by atoms with E-state index in [0.29, 0.717) is 34.7 Å². The second-order valence-corrected chi connectivity index (χ2v) is 20.1. The first-order chi connectivity index (χ1) is 15.1. The second kappa shape index (κ2) is 7.32. The molecule has 0 aromatic heterocycles. The summed E-state index contributed by atoms with van der Waals surface area (Å²) in [6, 6.07) is 0. The summed E-state index contributed by atoms with van der Waals surface area (Å²) in [5.41, 5.74) is 0.956. The van der Waals surface area contributed by atoms with Gasteiger partial charge in [-0.05, 0) is 105 Å². The van der Waals surface area contributed by atoms with Gasteiger partial charge in [-0.1, -0.05) is 54.4 Å². The molecule has 0 aromatic rings. The van der Waals surface area contributed by atoms with Crippen LogP contribution in [-0.4, -0.2) is 32.4 Å². The lowest BCUT2D eigenvalue weighted by molar-refractivity contribution is -0.230. The molecule has 0 N–H and O–H groups in total. The summed E-state index contributed by atoms with van der Waals surface area (Å²) in [5.74, 6) is 1.44. The first-order valence-corrected chi connectivity index (χ1v) is 17.0. The Balaban J connectivity index is 1.53. The van der Waals surface area contributed by atoms with E-state index >= 15 is 0 Å². The fraction of sp³-hybridized carbons (Fsp3) is 1.00. The Morgan fingerprint density at radius 1 is 0.758 bits per heavy atom. The van der Waals surface area contributed by atoms with Crippen LogP contribution in [0.4, 0.5) is 0 Å². The van der Waals surface area contributed by atoms with Gasteiger partial charge in [-0.15, -0.1) is 0 Å². The Hall–Kier alpha value is 0.0969. The summed E-state index contributed by atoms with van der Waals surface area (Å²) < 4.78 is 20.8. The maximum Gasteiger partial charge on any atom is 0.192 e. The van der Waals surface area contributed by atoms with Crippen LogP contribution in [-0.2, 0) is 13.9 Å². The largest absolute Gasteiger partial charge is 0.413 e. The van der Waals surface area contributed by atoms with Crippen molar-refractivity contribution in [2.75, 3.05) is 0 Å². The molecule has 0 aromatic carbocycles. The van der Waals surface area contributed by atoms with E-state index in [1.807, 2.05) is 0 Å². The number of hydrogen-bond donors (Lipinski definition) is 0. The van der Waals surface area contributed by atoms with Crippen LogP contribution in [0.2, 0.25) is 18.1 Å². The topological polar surface area (TPSA) is 27.7 Å². The summed E-state index contributed by atoms with van der Waals surface area (Å²) in [7, 11) is -1.80. The molecule has 5 fully saturated rings. The lowest BCUT2D eigenvalue weighted by Crippen LogP contribution is -2.67. The smallest absolute Gasteiger partial charge is 0.192 e. The van der Waals surface area contributed by atoms with E-state index in [-0.39, 0.29) is 22.7 Å². The molecule has 5 aliphatic rings. The van der Waals surface area contributed by atoms with Crippen LogP contribution in [0.25, 0.3) is 0 Å². The zero-order valence-electron chi connectivity index (χ0n) is 23.3. The van der Waals surface area contributed by atoms with Crippen LogP contribution in [0.1, 0.15) is 107 Å². The fourth-order valence-corrected chi connectivity index (χ4v) is 10.7. The van der Waals surface area contributed by atoms with Gasteiger partial charge in [0.2, 0.25) is 0 Å². The van der Waals surface area contributed by atoms with Crippen molar-refractivity contribution in [3.63, 3.8) is 0 Å². The lowest BCUT2D eigenvalue weighted by atomic mass is 9.37. The average Bonchev–Trinajstić information content (AvgIpc) is 3.17. The molecule has 3 nitrogen and oxygen atoms in total. The Bertz CT molecular complexity index is 786. The average molecular weight is 477 g/mol. The molecule has 0 radical (unpaired) electrons. The third-order valence-electron chi connectivity index (χ3n) is 12.4. The summed E-state index contributed by atoms with van der Waals surface area (Å²) in [5, 5.41) is 0.260. The minimum absolute atomic E-state index is 0.248. The van der Waals surface area contributed by atoms with E-state index in [4.69, 9.17) is 13.9 Å². The van der Waals surface area contributed by atoms with Crippen LogP contribution in [0.5, 0.6) is 0 Å². The number of fused-ring (bicyclic) bond motifs is 8. The SMILES string of the molecule is CC1(C)OC2C(O1)C1C3CCC(O[Si](C)(C)C(C)(C)C)[C@@]3(C)CC[C@]1(C)[C@@]1(C)CCCCC21. The van der Waals surface area contributed by atoms with Crippen molar-refractivity contribution in [2.45, 2.75) is 149 Å². The normalized spacial score (nSPS) is 51.5. The number of rotatable bonds is 2. The van der Waals surface area contributed by atoms with Crippen molar-refractivity contribution in [2.24, 2.45) is 34.0 Å². The highest BCUT2D eigenvalue weighted by molar-refractivity contribution is 6.74. The van der Waals surface area contributed by atoms with Crippen molar-refractivity contribution in [3.8, 4) is 0 Å². The molecular weight excluding hydrogens is 424 g/mol. The molecule has 9 atom stereocenters. The zero-order valence-corrected chi connectivity index (χ0v) is 24.3. The molecule has 1 aliphatic heterocycles. The third-order valence-corrected chi connectivity index (χ3v) is 16.9. The fourth-order valence-electron chi connectivity index (χ4n) is 9.29. The summed E-state index contributed by atoms with van der Waals surface area (Å²) in [6.45, 7) is 24.3. The van der Waals surface area contributed by atoms with Gasteiger partial charge in [0, 0.05) is 0 Å². The van der Waals surface area contributed by atoms with Crippen molar-refractivity contribution >= 4 is 8.32 Å². The Labute approximate surface area is 205 Å². The summed E-state index contributed by atoms with van der Waals surface area (Å²) >= 11 is 0. The predicted octanol–water partition coefficient (Wildman–Crippen LogP) is 7.94. The van der Waals surface area contributed by atoms with Gasteiger partial charge in [-0.25, -0.2) is 0 Å². The van der Waals surface area contributed by atoms with E-state index in [9.17, 15) is 0 Å². The second-order valence-electron chi connectivity index (χ2n) is 15.3. The molecule has 6 unspecified atom stereocenters. The predicted molar refractivity (Wildman–Crippen MR) is 138 cm³/mol. The van der Waals surface area contributed by atoms with Crippen molar-refractivity contribution in [1.29, 1.82) is 0 Å². The van der Waals surface area contributed by atoms with Gasteiger partial charge >= 0.3 is 0 Å². The van der Waals surface area contributed by atoms with Crippen molar-refractivity contribution < 1.29 is 13.9 Å². The number of hydrogen-bond acceptors (Lipinski definition) is 3. The Morgan fingerprint density at radius 2 is 1.42 bits per heavy atom. The summed E-state index contributed by atoms with van der Waals surface area (Å²) in [4.78, 5) is 0. The van der Waals surface area contributed by atoms with E-state index in [0.717, 1.165) is 0 Å². The van der Waals surface area contributed by atoms with Crippen LogP contribution in [0.3, 0.4) is 0 Å². The maximum atomic E-state index is 7.20. The summed E-state index contributed by atoms with van der Waals surface area (Å²) in [6.07, 6.45) is 11.5. The molecule has 0 spiro atoms. The molecule has 4 aliphatic carbocycles. The van der Waals surface area contributed by atoms with Crippen LogP contribution < -0.4 is 0 Å². The van der Waals surface area contributed by atoms with Gasteiger partial charge in [0.25, 0.3) is 0 Å². The molecule has 4 heteroatoms. The molecule has 4 saturated carbocycles. The first kappa shape index (κ1) is 24.8. The molecule has 5 rings (SSSR count). The molecule has 1 heterocycles. The molecular formula is C29H52O3Si. The maximum absolute atomic E-state index is 7.20. The third kappa shape index (κ3) is 3.35. The van der Waals surface area contributed by atoms with Gasteiger partial charge in [0.15, 0.2) is 14.1 Å². The van der Waals surface area contributed by atoms with E-state index in [1.165, 1.54) is 51.4 Å².